The molecule has 41 heavy (non-hydrogen) atoms. The Morgan fingerprint density at radius 3 is 2.59 bits per heavy atom. The molecule has 1 N–H and O–H groups in total. The number of anilines is 1. The van der Waals surface area contributed by atoms with E-state index in [0.29, 0.717) is 28.6 Å². The monoisotopic (exact) mass is 572 g/mol. The van der Waals surface area contributed by atoms with Crippen LogP contribution in [0.25, 0.3) is 22.1 Å². The third-order valence-corrected chi connectivity index (χ3v) is 9.57. The van der Waals surface area contributed by atoms with E-state index in [4.69, 9.17) is 13.9 Å². The van der Waals surface area contributed by atoms with E-state index in [9.17, 15) is 9.00 Å². The first-order valence-corrected chi connectivity index (χ1v) is 15.6. The van der Waals surface area contributed by atoms with Gasteiger partial charge in [-0.15, -0.1) is 0 Å². The van der Waals surface area contributed by atoms with Gasteiger partial charge in [-0.05, 0) is 57.7 Å². The number of unbranched alkanes of at least 4 members (excludes halogenated alkanes) is 1. The summed E-state index contributed by atoms with van der Waals surface area (Å²) >= 11 is 0. The van der Waals surface area contributed by atoms with Gasteiger partial charge in [0.05, 0.1) is 11.4 Å². The highest BCUT2D eigenvalue weighted by Gasteiger charge is 2.49. The van der Waals surface area contributed by atoms with Crippen molar-refractivity contribution in [1.82, 2.24) is 10.1 Å². The van der Waals surface area contributed by atoms with E-state index >= 15 is 0 Å². The van der Waals surface area contributed by atoms with E-state index in [1.54, 1.807) is 0 Å². The van der Waals surface area contributed by atoms with Gasteiger partial charge < -0.3 is 8.94 Å². The van der Waals surface area contributed by atoms with Crippen LogP contribution >= 0.6 is 0 Å². The van der Waals surface area contributed by atoms with Gasteiger partial charge in [0.2, 0.25) is 0 Å². The number of aromatic nitrogens is 1. The van der Waals surface area contributed by atoms with E-state index < -0.39 is 16.5 Å². The number of carbonyl (C=O) groups excluding carboxylic acids is 1. The van der Waals surface area contributed by atoms with Crippen LogP contribution < -0.4 is 4.72 Å². The summed E-state index contributed by atoms with van der Waals surface area (Å²) in [5, 5.41) is 4.96. The highest BCUT2D eigenvalue weighted by Crippen LogP contribution is 2.41. The molecule has 2 aromatic carbocycles. The number of nitrogens with zero attached hydrogens (tertiary/aromatic N) is 3. The molecule has 2 aromatic heterocycles. The van der Waals surface area contributed by atoms with E-state index in [2.05, 4.69) is 22.9 Å². The summed E-state index contributed by atoms with van der Waals surface area (Å²) in [6.45, 7) is 8.25. The number of benzene rings is 2. The lowest BCUT2D eigenvalue weighted by Gasteiger charge is -2.23. The van der Waals surface area contributed by atoms with Gasteiger partial charge in [-0.3, -0.25) is 19.4 Å². The van der Waals surface area contributed by atoms with Crippen molar-refractivity contribution in [3.63, 3.8) is 0 Å². The second kappa shape index (κ2) is 10.9. The summed E-state index contributed by atoms with van der Waals surface area (Å²) < 4.78 is 28.0. The molecule has 9 heteroatoms. The molecule has 2 aliphatic rings. The van der Waals surface area contributed by atoms with Gasteiger partial charge in [-0.25, -0.2) is 4.21 Å². The van der Waals surface area contributed by atoms with E-state index in [1.165, 1.54) is 0 Å². The largest absolute Gasteiger partial charge is 0.461 e. The van der Waals surface area contributed by atoms with Crippen molar-refractivity contribution in [2.75, 3.05) is 4.72 Å². The molecule has 1 amide bonds. The molecule has 1 aliphatic carbocycles. The number of hydrogen-bond donors (Lipinski definition) is 1. The molecule has 214 valence electrons. The highest BCUT2D eigenvalue weighted by atomic mass is 32.2. The Kier molecular flexibility index (Phi) is 7.32. The maximum atomic E-state index is 13.8. The van der Waals surface area contributed by atoms with E-state index in [0.717, 1.165) is 84.2 Å². The molecular formula is C32H36N4O4S. The summed E-state index contributed by atoms with van der Waals surface area (Å²) in [5.74, 6) is 2.98. The van der Waals surface area contributed by atoms with Crippen LogP contribution in [0, 0.1) is 20.8 Å². The van der Waals surface area contributed by atoms with Crippen LogP contribution in [-0.4, -0.2) is 31.5 Å². The first-order chi connectivity index (χ1) is 19.8. The van der Waals surface area contributed by atoms with Crippen LogP contribution in [0.1, 0.15) is 74.5 Å². The Balaban J connectivity index is 1.36. The average molecular weight is 573 g/mol. The number of furan rings is 1. The third-order valence-electron chi connectivity index (χ3n) is 8.43. The number of amidine groups is 1. The minimum absolute atomic E-state index is 0.142. The molecule has 8 nitrogen and oxygen atoms in total. The third kappa shape index (κ3) is 4.90. The fraction of sp³-hybridized carbons (Fsp3) is 0.406. The van der Waals surface area contributed by atoms with Crippen molar-refractivity contribution in [2.24, 2.45) is 4.99 Å². The predicted octanol–water partition coefficient (Wildman–Crippen LogP) is 7.39. The van der Waals surface area contributed by atoms with Gasteiger partial charge in [0.1, 0.15) is 28.5 Å². The molecule has 6 rings (SSSR count). The maximum absolute atomic E-state index is 13.8. The Morgan fingerprint density at radius 1 is 1.07 bits per heavy atom. The number of carbonyl (C=O) groups is 1. The maximum Gasteiger partial charge on any atom is 0.256 e. The van der Waals surface area contributed by atoms with Gasteiger partial charge >= 0.3 is 0 Å². The van der Waals surface area contributed by atoms with Gasteiger partial charge in [0, 0.05) is 28.5 Å². The first kappa shape index (κ1) is 27.4. The predicted molar refractivity (Wildman–Crippen MR) is 161 cm³/mol. The van der Waals surface area contributed by atoms with Crippen molar-refractivity contribution < 1.29 is 17.9 Å². The van der Waals surface area contributed by atoms with Crippen molar-refractivity contribution in [3.05, 3.63) is 65.1 Å². The number of aliphatic imine (C=N–C) groups is 1. The van der Waals surface area contributed by atoms with Crippen LogP contribution in [0.15, 0.2) is 61.3 Å². The van der Waals surface area contributed by atoms with Gasteiger partial charge in [-0.2, -0.15) is 0 Å². The van der Waals surface area contributed by atoms with E-state index in [-0.39, 0.29) is 5.91 Å². The van der Waals surface area contributed by atoms with E-state index in [1.807, 2.05) is 62.1 Å². The van der Waals surface area contributed by atoms with Crippen LogP contribution in [0.5, 0.6) is 0 Å². The minimum atomic E-state index is -1.59. The SMILES string of the molecule is CCCCC1=NC2(CCCC2)C(=O)N1Cc1ccc(-c2ccccc2S(=O)Nc2noc(C)c2C)c2oc(C)cc12. The molecule has 0 bridgehead atoms. The molecule has 1 spiro atoms. The zero-order chi connectivity index (χ0) is 28.7. The Labute approximate surface area is 242 Å². The number of nitrogens with one attached hydrogen (secondary N) is 1. The number of aryl methyl sites for hydroxylation is 2. The fourth-order valence-electron chi connectivity index (χ4n) is 6.03. The molecule has 1 unspecified atom stereocenters. The van der Waals surface area contributed by atoms with Gasteiger partial charge in [0.15, 0.2) is 16.8 Å². The van der Waals surface area contributed by atoms with Gasteiger partial charge in [-0.1, -0.05) is 61.7 Å². The summed E-state index contributed by atoms with van der Waals surface area (Å²) in [6, 6.07) is 13.7. The molecular weight excluding hydrogens is 536 g/mol. The lowest BCUT2D eigenvalue weighted by molar-refractivity contribution is -0.131. The first-order valence-electron chi connectivity index (χ1n) is 14.4. The zero-order valence-corrected chi connectivity index (χ0v) is 24.9. The summed E-state index contributed by atoms with van der Waals surface area (Å²) in [6.07, 6.45) is 6.66. The molecule has 1 saturated carbocycles. The fourth-order valence-corrected chi connectivity index (χ4v) is 7.08. The summed E-state index contributed by atoms with van der Waals surface area (Å²) in [7, 11) is -1.59. The smallest absolute Gasteiger partial charge is 0.256 e. The molecule has 1 atom stereocenters. The number of rotatable bonds is 9. The lowest BCUT2D eigenvalue weighted by Crippen LogP contribution is -2.40. The van der Waals surface area contributed by atoms with Crippen molar-refractivity contribution in [3.8, 4) is 11.1 Å². The molecule has 4 aromatic rings. The standard InChI is InChI=1S/C32H36N4O4S/c1-5-6-13-28-33-32(16-9-10-17-32)31(37)36(28)19-23-14-15-25(29-26(23)18-20(2)39-29)24-11-7-8-12-27(24)41(38)35-30-21(3)22(4)40-34-30/h7-8,11-12,14-15,18H,5-6,9-10,13,16-17,19H2,1-4H3,(H,34,35). The number of fused-ring (bicyclic) bond motifs is 1. The van der Waals surface area contributed by atoms with Crippen molar-refractivity contribution in [2.45, 2.75) is 89.6 Å². The zero-order valence-electron chi connectivity index (χ0n) is 24.1. The second-order valence-electron chi connectivity index (χ2n) is 11.2. The molecule has 1 fully saturated rings. The number of hydrogen-bond acceptors (Lipinski definition) is 6. The molecule has 0 saturated heterocycles. The normalized spacial score (nSPS) is 17.1. The Morgan fingerprint density at radius 2 is 1.85 bits per heavy atom. The summed E-state index contributed by atoms with van der Waals surface area (Å²) in [5.41, 5.74) is 3.63. The molecule has 1 aliphatic heterocycles. The highest BCUT2D eigenvalue weighted by molar-refractivity contribution is 7.86. The molecule has 0 radical (unpaired) electrons. The van der Waals surface area contributed by atoms with Crippen LogP contribution in [0.2, 0.25) is 0 Å². The quantitative estimate of drug-likeness (QED) is 0.225. The average Bonchev–Trinajstić information content (AvgIpc) is 3.74. The Bertz CT molecular complexity index is 1680. The van der Waals surface area contributed by atoms with Gasteiger partial charge in [0.25, 0.3) is 5.91 Å². The van der Waals surface area contributed by atoms with Crippen LogP contribution in [0.4, 0.5) is 5.82 Å². The topological polar surface area (TPSA) is 101 Å². The molecule has 3 heterocycles. The minimum Gasteiger partial charge on any atom is -0.461 e. The van der Waals surface area contributed by atoms with Crippen LogP contribution in [-0.2, 0) is 22.3 Å². The second-order valence-corrected chi connectivity index (χ2v) is 12.4. The number of amides is 1. The summed E-state index contributed by atoms with van der Waals surface area (Å²) in [4.78, 5) is 21.4. The van der Waals surface area contributed by atoms with Crippen LogP contribution in [0.3, 0.4) is 0 Å². The lowest BCUT2D eigenvalue weighted by atomic mass is 9.97. The Hall–Kier alpha value is -3.72. The van der Waals surface area contributed by atoms with Crippen molar-refractivity contribution >= 4 is 39.5 Å². The van der Waals surface area contributed by atoms with Crippen molar-refractivity contribution in [1.29, 1.82) is 0 Å².